The van der Waals surface area contributed by atoms with Crippen LogP contribution in [0.1, 0.15) is 10.4 Å². The maximum atomic E-state index is 12.3. The predicted molar refractivity (Wildman–Crippen MR) is 80.6 cm³/mol. The summed E-state index contributed by atoms with van der Waals surface area (Å²) in [6, 6.07) is 10.5. The number of carbonyl (C=O) groups excluding carboxylic acids is 1. The zero-order valence-electron chi connectivity index (χ0n) is 12.0. The van der Waals surface area contributed by atoms with E-state index in [0.29, 0.717) is 22.7 Å². The number of non-ortho nitro benzene ring substituents is 1. The monoisotopic (exact) mass is 302 g/mol. The van der Waals surface area contributed by atoms with Crippen LogP contribution in [0.2, 0.25) is 0 Å². The van der Waals surface area contributed by atoms with E-state index < -0.39 is 10.8 Å². The van der Waals surface area contributed by atoms with E-state index in [1.54, 1.807) is 24.3 Å². The predicted octanol–water partition coefficient (Wildman–Crippen LogP) is 2.86. The number of nitro groups is 1. The Bertz CT molecular complexity index is 715. The van der Waals surface area contributed by atoms with Crippen LogP contribution >= 0.6 is 0 Å². The molecule has 0 saturated heterocycles. The van der Waals surface area contributed by atoms with Gasteiger partial charge in [-0.25, -0.2) is 0 Å². The molecule has 2 aromatic rings. The van der Waals surface area contributed by atoms with E-state index in [4.69, 9.17) is 9.47 Å². The van der Waals surface area contributed by atoms with Crippen molar-refractivity contribution in [3.05, 3.63) is 58.1 Å². The number of methoxy groups -OCH3 is 2. The fourth-order valence-electron chi connectivity index (χ4n) is 1.88. The second kappa shape index (κ2) is 6.57. The highest BCUT2D eigenvalue weighted by Crippen LogP contribution is 2.26. The number of amides is 1. The lowest BCUT2D eigenvalue weighted by Gasteiger charge is -2.10. The highest BCUT2D eigenvalue weighted by molar-refractivity contribution is 6.06. The van der Waals surface area contributed by atoms with Crippen molar-refractivity contribution < 1.29 is 19.2 Å². The lowest BCUT2D eigenvalue weighted by molar-refractivity contribution is -0.384. The number of benzene rings is 2. The number of nitro benzene ring substituents is 1. The van der Waals surface area contributed by atoms with Crippen LogP contribution < -0.4 is 14.8 Å². The number of carbonyl (C=O) groups is 1. The smallest absolute Gasteiger partial charge is 0.271 e. The van der Waals surface area contributed by atoms with Gasteiger partial charge >= 0.3 is 0 Å². The second-order valence-electron chi connectivity index (χ2n) is 4.33. The molecule has 0 aliphatic carbocycles. The third kappa shape index (κ3) is 3.32. The van der Waals surface area contributed by atoms with Gasteiger partial charge in [-0.05, 0) is 18.2 Å². The zero-order valence-corrected chi connectivity index (χ0v) is 12.0. The van der Waals surface area contributed by atoms with Crippen LogP contribution in [0.15, 0.2) is 42.5 Å². The summed E-state index contributed by atoms with van der Waals surface area (Å²) in [6.07, 6.45) is 0. The Morgan fingerprint density at radius 3 is 2.55 bits per heavy atom. The van der Waals surface area contributed by atoms with E-state index in [9.17, 15) is 14.9 Å². The highest BCUT2D eigenvalue weighted by Gasteiger charge is 2.14. The van der Waals surface area contributed by atoms with Crippen LogP contribution in [0.5, 0.6) is 11.5 Å². The molecule has 0 aromatic heterocycles. The van der Waals surface area contributed by atoms with E-state index in [2.05, 4.69) is 5.32 Å². The number of rotatable bonds is 5. The van der Waals surface area contributed by atoms with Crippen molar-refractivity contribution in [3.63, 3.8) is 0 Å². The summed E-state index contributed by atoms with van der Waals surface area (Å²) >= 11 is 0. The van der Waals surface area contributed by atoms with E-state index >= 15 is 0 Å². The summed E-state index contributed by atoms with van der Waals surface area (Å²) in [5.41, 5.74) is 0.534. The van der Waals surface area contributed by atoms with Crippen LogP contribution in [0.4, 0.5) is 11.4 Å². The molecule has 7 nitrogen and oxygen atoms in total. The number of nitrogens with one attached hydrogen (secondary N) is 1. The van der Waals surface area contributed by atoms with E-state index in [1.165, 1.54) is 32.4 Å². The Kier molecular flexibility index (Phi) is 4.57. The highest BCUT2D eigenvalue weighted by atomic mass is 16.6. The first-order valence-electron chi connectivity index (χ1n) is 6.33. The zero-order chi connectivity index (χ0) is 16.1. The van der Waals surface area contributed by atoms with Crippen molar-refractivity contribution >= 4 is 17.3 Å². The number of nitrogens with zero attached hydrogens (tertiary/aromatic N) is 1. The topological polar surface area (TPSA) is 90.7 Å². The Morgan fingerprint density at radius 2 is 1.91 bits per heavy atom. The van der Waals surface area contributed by atoms with Crippen molar-refractivity contribution in [2.45, 2.75) is 0 Å². The molecule has 0 spiro atoms. The van der Waals surface area contributed by atoms with E-state index in [0.717, 1.165) is 0 Å². The van der Waals surface area contributed by atoms with Crippen LogP contribution in [-0.4, -0.2) is 25.1 Å². The molecule has 0 heterocycles. The number of hydrogen-bond acceptors (Lipinski definition) is 5. The molecule has 7 heteroatoms. The normalized spacial score (nSPS) is 9.91. The Balaban J connectivity index is 2.25. The molecular weight excluding hydrogens is 288 g/mol. The fourth-order valence-corrected chi connectivity index (χ4v) is 1.88. The molecule has 0 aliphatic rings. The van der Waals surface area contributed by atoms with Crippen molar-refractivity contribution in [1.29, 1.82) is 0 Å². The molecule has 0 aliphatic heterocycles. The average Bonchev–Trinajstić information content (AvgIpc) is 2.54. The summed E-state index contributed by atoms with van der Waals surface area (Å²) in [5, 5.41) is 13.3. The van der Waals surface area contributed by atoms with Gasteiger partial charge in [-0.1, -0.05) is 6.07 Å². The third-order valence-electron chi connectivity index (χ3n) is 2.97. The van der Waals surface area contributed by atoms with Gasteiger partial charge in [0, 0.05) is 23.9 Å². The van der Waals surface area contributed by atoms with Crippen LogP contribution in [0, 0.1) is 10.1 Å². The lowest BCUT2D eigenvalue weighted by Crippen LogP contribution is -2.13. The minimum atomic E-state index is -0.524. The molecular formula is C15H14N2O5. The molecule has 1 N–H and O–H groups in total. The Hall–Kier alpha value is -3.09. The molecule has 0 fully saturated rings. The SMILES string of the molecule is COc1ccc(C(=O)Nc2cccc([N+](=O)[O-])c2)c(OC)c1. The molecule has 0 radical (unpaired) electrons. The lowest BCUT2D eigenvalue weighted by atomic mass is 10.1. The summed E-state index contributed by atoms with van der Waals surface area (Å²) in [6.45, 7) is 0. The van der Waals surface area contributed by atoms with Gasteiger partial charge in [-0.15, -0.1) is 0 Å². The number of ether oxygens (including phenoxy) is 2. The largest absolute Gasteiger partial charge is 0.497 e. The minimum absolute atomic E-state index is 0.0977. The van der Waals surface area contributed by atoms with Crippen LogP contribution in [0.25, 0.3) is 0 Å². The van der Waals surface area contributed by atoms with Gasteiger partial charge < -0.3 is 14.8 Å². The fraction of sp³-hybridized carbons (Fsp3) is 0.133. The quantitative estimate of drug-likeness (QED) is 0.677. The molecule has 1 amide bonds. The number of hydrogen-bond donors (Lipinski definition) is 1. The molecule has 0 saturated carbocycles. The maximum absolute atomic E-state index is 12.3. The third-order valence-corrected chi connectivity index (χ3v) is 2.97. The van der Waals surface area contributed by atoms with Gasteiger partial charge in [0.15, 0.2) is 0 Å². The first-order chi connectivity index (χ1) is 10.5. The van der Waals surface area contributed by atoms with E-state index in [1.807, 2.05) is 0 Å². The first-order valence-corrected chi connectivity index (χ1v) is 6.33. The summed E-state index contributed by atoms with van der Waals surface area (Å²) in [7, 11) is 2.95. The molecule has 0 unspecified atom stereocenters. The van der Waals surface area contributed by atoms with Gasteiger partial charge in [0.2, 0.25) is 0 Å². The Labute approximate surface area is 126 Å². The second-order valence-corrected chi connectivity index (χ2v) is 4.33. The van der Waals surface area contributed by atoms with Gasteiger partial charge in [0.25, 0.3) is 11.6 Å². The standard InChI is InChI=1S/C15H14N2O5/c1-21-12-6-7-13(14(9-12)22-2)15(18)16-10-4-3-5-11(8-10)17(19)20/h3-9H,1-2H3,(H,16,18). The van der Waals surface area contributed by atoms with Gasteiger partial charge in [0.1, 0.15) is 11.5 Å². The maximum Gasteiger partial charge on any atom is 0.271 e. The van der Waals surface area contributed by atoms with Gasteiger partial charge in [0.05, 0.1) is 24.7 Å². The van der Waals surface area contributed by atoms with Gasteiger partial charge in [-0.3, -0.25) is 14.9 Å². The molecule has 0 atom stereocenters. The molecule has 0 bridgehead atoms. The Morgan fingerprint density at radius 1 is 1.14 bits per heavy atom. The molecule has 114 valence electrons. The summed E-state index contributed by atoms with van der Waals surface area (Å²) < 4.78 is 10.2. The number of anilines is 1. The molecule has 2 aromatic carbocycles. The van der Waals surface area contributed by atoms with Crippen molar-refractivity contribution in [3.8, 4) is 11.5 Å². The van der Waals surface area contributed by atoms with Crippen molar-refractivity contribution in [1.82, 2.24) is 0 Å². The first kappa shape index (κ1) is 15.3. The minimum Gasteiger partial charge on any atom is -0.497 e. The van der Waals surface area contributed by atoms with Crippen molar-refractivity contribution in [2.75, 3.05) is 19.5 Å². The summed E-state index contributed by atoms with van der Waals surface area (Å²) in [5.74, 6) is 0.478. The van der Waals surface area contributed by atoms with Crippen molar-refractivity contribution in [2.24, 2.45) is 0 Å². The molecule has 2 rings (SSSR count). The van der Waals surface area contributed by atoms with Crippen LogP contribution in [0.3, 0.4) is 0 Å². The van der Waals surface area contributed by atoms with Gasteiger partial charge in [-0.2, -0.15) is 0 Å². The van der Waals surface area contributed by atoms with Crippen LogP contribution in [-0.2, 0) is 0 Å². The average molecular weight is 302 g/mol. The summed E-state index contributed by atoms with van der Waals surface area (Å²) in [4.78, 5) is 22.5. The molecule has 22 heavy (non-hydrogen) atoms. The van der Waals surface area contributed by atoms with E-state index in [-0.39, 0.29) is 5.69 Å².